The van der Waals surface area contributed by atoms with Crippen LogP contribution in [-0.4, -0.2) is 62.0 Å². The number of halogens is 1. The minimum atomic E-state index is -0.693. The van der Waals surface area contributed by atoms with E-state index in [1.54, 1.807) is 19.1 Å². The molecule has 156 valence electrons. The molecule has 0 spiro atoms. The smallest absolute Gasteiger partial charge is 0.343 e. The number of hydrogen-bond acceptors (Lipinski definition) is 9. The lowest BCUT2D eigenvalue weighted by Gasteiger charge is -2.14. The van der Waals surface area contributed by atoms with Gasteiger partial charge >= 0.3 is 11.9 Å². The largest absolute Gasteiger partial charge is 0.490 e. The van der Waals surface area contributed by atoms with Crippen molar-refractivity contribution in [3.05, 3.63) is 27.1 Å². The molecule has 1 saturated heterocycles. The minimum absolute atomic E-state index is 0.150. The Morgan fingerprint density at radius 1 is 1.14 bits per heavy atom. The van der Waals surface area contributed by atoms with Crippen LogP contribution < -0.4 is 9.47 Å². The monoisotopic (exact) mass is 487 g/mol. The highest BCUT2D eigenvalue weighted by atomic mass is 79.9. The van der Waals surface area contributed by atoms with E-state index in [0.29, 0.717) is 28.1 Å². The van der Waals surface area contributed by atoms with Crippen molar-refractivity contribution in [3.8, 4) is 11.5 Å². The average Bonchev–Trinajstić information content (AvgIpc) is 2.94. The van der Waals surface area contributed by atoms with Crippen LogP contribution in [0.3, 0.4) is 0 Å². The summed E-state index contributed by atoms with van der Waals surface area (Å²) >= 11 is 4.07. The van der Waals surface area contributed by atoms with Gasteiger partial charge in [0.15, 0.2) is 18.1 Å². The van der Waals surface area contributed by atoms with Gasteiger partial charge in [-0.05, 0) is 58.4 Å². The number of esters is 2. The summed E-state index contributed by atoms with van der Waals surface area (Å²) in [7, 11) is 2.42. The van der Waals surface area contributed by atoms with Gasteiger partial charge in [-0.1, -0.05) is 0 Å². The highest BCUT2D eigenvalue weighted by molar-refractivity contribution is 9.10. The van der Waals surface area contributed by atoms with E-state index in [2.05, 4.69) is 25.4 Å². The summed E-state index contributed by atoms with van der Waals surface area (Å²) in [5.41, 5.74) is 0.550. The highest BCUT2D eigenvalue weighted by Gasteiger charge is 2.36. The van der Waals surface area contributed by atoms with E-state index in [0.717, 1.165) is 16.7 Å². The fourth-order valence-corrected chi connectivity index (χ4v) is 3.66. The van der Waals surface area contributed by atoms with Crippen molar-refractivity contribution in [2.75, 3.05) is 34.0 Å². The molecule has 1 aromatic rings. The Balaban J connectivity index is 2.30. The first-order valence-electron chi connectivity index (χ1n) is 8.28. The summed E-state index contributed by atoms with van der Waals surface area (Å²) in [6.07, 6.45) is 1.50. The standard InChI is InChI=1S/C18H18BrNO8S/c1-4-27-12-6-10(5-11(19)16(12)28-9-15(22)26-3)7-13-17(23)20(18(24)29-13)8-14(21)25-2/h5-7H,4,8-9H2,1-3H3/b13-7-. The normalized spacial score (nSPS) is 14.9. The fraction of sp³-hybridized carbons (Fsp3) is 0.333. The van der Waals surface area contributed by atoms with E-state index in [1.807, 2.05) is 0 Å². The Morgan fingerprint density at radius 3 is 2.45 bits per heavy atom. The Labute approximate surface area is 179 Å². The maximum absolute atomic E-state index is 12.4. The number of ether oxygens (including phenoxy) is 4. The van der Waals surface area contributed by atoms with E-state index in [4.69, 9.17) is 9.47 Å². The molecule has 1 fully saturated rings. The van der Waals surface area contributed by atoms with Crippen LogP contribution >= 0.6 is 27.7 Å². The van der Waals surface area contributed by atoms with Crippen LogP contribution in [0, 0.1) is 0 Å². The molecule has 0 radical (unpaired) electrons. The van der Waals surface area contributed by atoms with Gasteiger partial charge < -0.3 is 18.9 Å². The molecule has 0 bridgehead atoms. The second-order valence-electron chi connectivity index (χ2n) is 5.47. The lowest BCUT2D eigenvalue weighted by atomic mass is 10.2. The van der Waals surface area contributed by atoms with Crippen LogP contribution in [0.5, 0.6) is 11.5 Å². The van der Waals surface area contributed by atoms with Crippen LogP contribution in [0.4, 0.5) is 4.79 Å². The molecule has 0 N–H and O–H groups in total. The number of rotatable bonds is 8. The molecule has 2 amide bonds. The predicted molar refractivity (Wildman–Crippen MR) is 108 cm³/mol. The number of nitrogens with zero attached hydrogens (tertiary/aromatic N) is 1. The quantitative estimate of drug-likeness (QED) is 0.403. The molecule has 0 saturated carbocycles. The second kappa shape index (κ2) is 10.3. The topological polar surface area (TPSA) is 108 Å². The molecule has 0 aliphatic carbocycles. The second-order valence-corrected chi connectivity index (χ2v) is 7.32. The van der Waals surface area contributed by atoms with Crippen LogP contribution in [-0.2, 0) is 23.9 Å². The number of benzene rings is 1. The van der Waals surface area contributed by atoms with E-state index in [1.165, 1.54) is 20.3 Å². The summed E-state index contributed by atoms with van der Waals surface area (Å²) in [6, 6.07) is 3.25. The number of hydrogen-bond donors (Lipinski definition) is 0. The first-order chi connectivity index (χ1) is 13.8. The third-order valence-corrected chi connectivity index (χ3v) is 5.08. The predicted octanol–water partition coefficient (Wildman–Crippen LogP) is 2.61. The van der Waals surface area contributed by atoms with Gasteiger partial charge in [0.2, 0.25) is 0 Å². The molecule has 1 aliphatic rings. The third kappa shape index (κ3) is 5.73. The first kappa shape index (κ1) is 22.8. The molecule has 9 nitrogen and oxygen atoms in total. The van der Waals surface area contributed by atoms with Gasteiger partial charge in [0.05, 0.1) is 30.2 Å². The Bertz CT molecular complexity index is 870. The molecule has 0 unspecified atom stereocenters. The maximum Gasteiger partial charge on any atom is 0.343 e. The van der Waals surface area contributed by atoms with Crippen LogP contribution in [0.1, 0.15) is 12.5 Å². The maximum atomic E-state index is 12.4. The fourth-order valence-electron chi connectivity index (χ4n) is 2.25. The zero-order valence-corrected chi connectivity index (χ0v) is 18.3. The lowest BCUT2D eigenvalue weighted by molar-refractivity contribution is -0.143. The number of imide groups is 1. The molecular formula is C18H18BrNO8S. The SMILES string of the molecule is CCOc1cc(/C=C2\SC(=O)N(CC(=O)OC)C2=O)cc(Br)c1OCC(=O)OC. The Hall–Kier alpha value is -2.53. The molecule has 1 heterocycles. The van der Waals surface area contributed by atoms with Crippen molar-refractivity contribution in [2.24, 2.45) is 0 Å². The molecule has 2 rings (SSSR count). The van der Waals surface area contributed by atoms with Gasteiger partial charge in [0.25, 0.3) is 11.1 Å². The number of carbonyl (C=O) groups is 4. The number of amides is 2. The van der Waals surface area contributed by atoms with E-state index < -0.39 is 29.6 Å². The molecule has 11 heteroatoms. The summed E-state index contributed by atoms with van der Waals surface area (Å²) in [5.74, 6) is -1.20. The average molecular weight is 488 g/mol. The third-order valence-electron chi connectivity index (χ3n) is 3.58. The van der Waals surface area contributed by atoms with Gasteiger partial charge in [-0.2, -0.15) is 0 Å². The molecule has 29 heavy (non-hydrogen) atoms. The van der Waals surface area contributed by atoms with Crippen molar-refractivity contribution in [1.29, 1.82) is 0 Å². The van der Waals surface area contributed by atoms with Crippen LogP contribution in [0.25, 0.3) is 6.08 Å². The van der Waals surface area contributed by atoms with Crippen molar-refractivity contribution >= 4 is 56.9 Å². The number of methoxy groups -OCH3 is 2. The van der Waals surface area contributed by atoms with Crippen molar-refractivity contribution in [2.45, 2.75) is 6.92 Å². The Morgan fingerprint density at radius 2 is 1.83 bits per heavy atom. The van der Waals surface area contributed by atoms with Gasteiger partial charge in [0, 0.05) is 0 Å². The van der Waals surface area contributed by atoms with Gasteiger partial charge in [-0.3, -0.25) is 19.3 Å². The van der Waals surface area contributed by atoms with Crippen LogP contribution in [0.2, 0.25) is 0 Å². The van der Waals surface area contributed by atoms with Crippen molar-refractivity contribution < 1.29 is 38.1 Å². The molecule has 1 aliphatic heterocycles. The van der Waals surface area contributed by atoms with E-state index in [-0.39, 0.29) is 11.5 Å². The molecule has 0 aromatic heterocycles. The Kier molecular flexibility index (Phi) is 8.09. The van der Waals surface area contributed by atoms with Gasteiger partial charge in [-0.25, -0.2) is 4.79 Å². The molecule has 1 aromatic carbocycles. The first-order valence-corrected chi connectivity index (χ1v) is 9.89. The summed E-state index contributed by atoms with van der Waals surface area (Å²) in [5, 5.41) is -0.561. The van der Waals surface area contributed by atoms with Gasteiger partial charge in [-0.15, -0.1) is 0 Å². The zero-order chi connectivity index (χ0) is 21.6. The number of carbonyl (C=O) groups excluding carboxylic acids is 4. The molecular weight excluding hydrogens is 470 g/mol. The minimum Gasteiger partial charge on any atom is -0.490 e. The summed E-state index contributed by atoms with van der Waals surface area (Å²) in [6.45, 7) is 1.36. The highest BCUT2D eigenvalue weighted by Crippen LogP contribution is 2.39. The zero-order valence-electron chi connectivity index (χ0n) is 15.9. The van der Waals surface area contributed by atoms with E-state index >= 15 is 0 Å². The number of thioether (sulfide) groups is 1. The van der Waals surface area contributed by atoms with Gasteiger partial charge in [0.1, 0.15) is 6.54 Å². The van der Waals surface area contributed by atoms with Crippen LogP contribution in [0.15, 0.2) is 21.5 Å². The molecule has 0 atom stereocenters. The summed E-state index contributed by atoms with van der Waals surface area (Å²) < 4.78 is 20.5. The van der Waals surface area contributed by atoms with E-state index in [9.17, 15) is 19.2 Å². The van der Waals surface area contributed by atoms with Crippen molar-refractivity contribution in [1.82, 2.24) is 4.90 Å². The lowest BCUT2D eigenvalue weighted by Crippen LogP contribution is -2.34. The summed E-state index contributed by atoms with van der Waals surface area (Å²) in [4.78, 5) is 48.1. The van der Waals surface area contributed by atoms with Crippen molar-refractivity contribution in [3.63, 3.8) is 0 Å².